The molecule has 2 heterocycles. The topological polar surface area (TPSA) is 122 Å². The lowest BCUT2D eigenvalue weighted by molar-refractivity contribution is -0.150. The highest BCUT2D eigenvalue weighted by atomic mass is 16.6. The van der Waals surface area contributed by atoms with Gasteiger partial charge in [-0.3, -0.25) is 24.6 Å². The lowest BCUT2D eigenvalue weighted by Crippen LogP contribution is -2.43. The largest absolute Gasteiger partial charge is 0.481 e. The van der Waals surface area contributed by atoms with Gasteiger partial charge in [-0.05, 0) is 18.6 Å². The molecule has 0 aliphatic carbocycles. The number of nitrogens with zero attached hydrogens (tertiary/aromatic N) is 1. The highest BCUT2D eigenvalue weighted by molar-refractivity contribution is 5.96. The maximum absolute atomic E-state index is 12.0. The van der Waals surface area contributed by atoms with Gasteiger partial charge in [0.05, 0.1) is 12.8 Å². The van der Waals surface area contributed by atoms with E-state index in [-0.39, 0.29) is 31.8 Å². The number of hydrogen-bond acceptors (Lipinski definition) is 6. The molecule has 9 heteroatoms. The third kappa shape index (κ3) is 4.92. The highest BCUT2D eigenvalue weighted by Crippen LogP contribution is 2.19. The molecule has 24 heavy (non-hydrogen) atoms. The number of aliphatic carboxylic acids is 1. The molecule has 2 aliphatic rings. The van der Waals surface area contributed by atoms with Crippen molar-refractivity contribution in [2.75, 3.05) is 6.61 Å². The van der Waals surface area contributed by atoms with Gasteiger partial charge in [-0.15, -0.1) is 0 Å². The summed E-state index contributed by atoms with van der Waals surface area (Å²) in [6, 6.07) is -0.592. The fourth-order valence-electron chi connectivity index (χ4n) is 2.21. The number of esters is 1. The van der Waals surface area contributed by atoms with Crippen LogP contribution in [0.25, 0.3) is 0 Å². The summed E-state index contributed by atoms with van der Waals surface area (Å²) in [5, 5.41) is 10.7. The van der Waals surface area contributed by atoms with Crippen LogP contribution in [0.2, 0.25) is 0 Å². The average Bonchev–Trinajstić information content (AvgIpc) is 2.91. The molecule has 3 amide bonds. The molecule has 9 nitrogen and oxygen atoms in total. The van der Waals surface area contributed by atoms with E-state index in [0.717, 1.165) is 0 Å². The molecular formula is C15H18N2O7. The third-order valence-corrected chi connectivity index (χ3v) is 3.31. The van der Waals surface area contributed by atoms with Crippen molar-refractivity contribution in [3.63, 3.8) is 0 Å². The van der Waals surface area contributed by atoms with Crippen molar-refractivity contribution >= 4 is 23.9 Å². The third-order valence-electron chi connectivity index (χ3n) is 3.31. The van der Waals surface area contributed by atoms with Crippen LogP contribution in [-0.4, -0.2) is 52.8 Å². The lowest BCUT2D eigenvalue weighted by atomic mass is 10.2. The van der Waals surface area contributed by atoms with Gasteiger partial charge in [0.15, 0.2) is 6.23 Å². The normalized spacial score (nSPS) is 23.5. The molecule has 130 valence electrons. The van der Waals surface area contributed by atoms with E-state index in [1.807, 2.05) is 0 Å². The number of hydrogen-bond donors (Lipinski definition) is 2. The minimum absolute atomic E-state index is 0.0808. The SMILES string of the molecule is CC1=CN([C@H]2C=CC(COC(=O)CCC(=O)O)O2)C(=O)NC(=O)C1. The van der Waals surface area contributed by atoms with E-state index in [2.05, 4.69) is 5.32 Å². The number of nitrogens with one attached hydrogen (secondary N) is 1. The van der Waals surface area contributed by atoms with Gasteiger partial charge in [-0.2, -0.15) is 0 Å². The van der Waals surface area contributed by atoms with Crippen LogP contribution < -0.4 is 5.32 Å². The van der Waals surface area contributed by atoms with Crippen LogP contribution in [0.5, 0.6) is 0 Å². The molecule has 2 N–H and O–H groups in total. The second-order valence-electron chi connectivity index (χ2n) is 5.44. The summed E-state index contributed by atoms with van der Waals surface area (Å²) in [6.45, 7) is 1.65. The molecule has 1 unspecified atom stereocenters. The van der Waals surface area contributed by atoms with Gasteiger partial charge in [-0.1, -0.05) is 6.08 Å². The van der Waals surface area contributed by atoms with E-state index < -0.39 is 30.3 Å². The molecule has 0 saturated heterocycles. The maximum Gasteiger partial charge on any atom is 0.330 e. The first-order valence-electron chi connectivity index (χ1n) is 7.36. The van der Waals surface area contributed by atoms with Crippen molar-refractivity contribution in [1.82, 2.24) is 10.2 Å². The van der Waals surface area contributed by atoms with Gasteiger partial charge in [0, 0.05) is 12.6 Å². The second kappa shape index (κ2) is 7.73. The zero-order chi connectivity index (χ0) is 17.7. The predicted molar refractivity (Wildman–Crippen MR) is 79.4 cm³/mol. The molecule has 0 fully saturated rings. The predicted octanol–water partition coefficient (Wildman–Crippen LogP) is 0.521. The summed E-state index contributed by atoms with van der Waals surface area (Å²) in [5.74, 6) is -2.10. The number of ether oxygens (including phenoxy) is 2. The van der Waals surface area contributed by atoms with E-state index in [9.17, 15) is 19.2 Å². The number of carboxylic acid groups (broad SMARTS) is 1. The number of carbonyl (C=O) groups excluding carboxylic acids is 3. The average molecular weight is 338 g/mol. The molecule has 0 spiro atoms. The van der Waals surface area contributed by atoms with Gasteiger partial charge in [0.1, 0.15) is 12.7 Å². The molecule has 0 aromatic heterocycles. The summed E-state index contributed by atoms with van der Waals surface area (Å²) in [6.07, 6.45) is 3.15. The van der Waals surface area contributed by atoms with Crippen LogP contribution in [0.3, 0.4) is 0 Å². The smallest absolute Gasteiger partial charge is 0.330 e. The summed E-state index contributed by atoms with van der Waals surface area (Å²) in [7, 11) is 0. The van der Waals surface area contributed by atoms with Crippen LogP contribution in [0, 0.1) is 0 Å². The molecule has 0 bridgehead atoms. The molecule has 2 atom stereocenters. The van der Waals surface area contributed by atoms with Crippen LogP contribution in [0.4, 0.5) is 4.79 Å². The molecule has 2 aliphatic heterocycles. The zero-order valence-electron chi connectivity index (χ0n) is 13.1. The standard InChI is InChI=1S/C15H18N2O7/c1-9-6-11(18)16-15(22)17(7-9)12-3-2-10(24-12)8-23-14(21)5-4-13(19)20/h2-3,7,10,12H,4-6,8H2,1H3,(H,19,20)(H,16,18,22)/t10?,12-/m1/s1. The van der Waals surface area contributed by atoms with Crippen molar-refractivity contribution < 1.29 is 33.8 Å². The van der Waals surface area contributed by atoms with E-state index >= 15 is 0 Å². The van der Waals surface area contributed by atoms with Gasteiger partial charge >= 0.3 is 18.0 Å². The number of imide groups is 1. The number of rotatable bonds is 6. The van der Waals surface area contributed by atoms with Crippen LogP contribution in [-0.2, 0) is 23.9 Å². The summed E-state index contributed by atoms with van der Waals surface area (Å²) in [4.78, 5) is 46.4. The van der Waals surface area contributed by atoms with Crippen LogP contribution >= 0.6 is 0 Å². The van der Waals surface area contributed by atoms with Crippen molar-refractivity contribution in [3.05, 3.63) is 23.9 Å². The Morgan fingerprint density at radius 2 is 2.12 bits per heavy atom. The Labute approximate surface area is 137 Å². The van der Waals surface area contributed by atoms with E-state index in [4.69, 9.17) is 14.6 Å². The van der Waals surface area contributed by atoms with Crippen molar-refractivity contribution in [2.45, 2.75) is 38.5 Å². The first-order valence-corrected chi connectivity index (χ1v) is 7.36. The minimum atomic E-state index is -1.08. The minimum Gasteiger partial charge on any atom is -0.481 e. The summed E-state index contributed by atoms with van der Waals surface area (Å²) >= 11 is 0. The van der Waals surface area contributed by atoms with Gasteiger partial charge in [-0.25, -0.2) is 4.79 Å². The Morgan fingerprint density at radius 3 is 2.83 bits per heavy atom. The molecular weight excluding hydrogens is 320 g/mol. The fourth-order valence-corrected chi connectivity index (χ4v) is 2.21. The molecule has 0 radical (unpaired) electrons. The first kappa shape index (κ1) is 17.7. The number of carboxylic acids is 1. The van der Waals surface area contributed by atoms with E-state index in [1.54, 1.807) is 19.1 Å². The maximum atomic E-state index is 12.0. The van der Waals surface area contributed by atoms with Crippen molar-refractivity contribution in [2.24, 2.45) is 0 Å². The zero-order valence-corrected chi connectivity index (χ0v) is 13.1. The Hall–Kier alpha value is -2.68. The Kier molecular flexibility index (Phi) is 5.69. The van der Waals surface area contributed by atoms with E-state index in [0.29, 0.717) is 5.57 Å². The van der Waals surface area contributed by atoms with Gasteiger partial charge < -0.3 is 14.6 Å². The molecule has 2 rings (SSSR count). The number of amides is 3. The Bertz CT molecular complexity index is 611. The number of urea groups is 1. The second-order valence-corrected chi connectivity index (χ2v) is 5.44. The molecule has 0 aromatic rings. The van der Waals surface area contributed by atoms with E-state index in [1.165, 1.54) is 11.1 Å². The summed E-state index contributed by atoms with van der Waals surface area (Å²) in [5.41, 5.74) is 0.707. The van der Waals surface area contributed by atoms with Gasteiger partial charge in [0.25, 0.3) is 0 Å². The van der Waals surface area contributed by atoms with Crippen molar-refractivity contribution in [1.29, 1.82) is 0 Å². The summed E-state index contributed by atoms with van der Waals surface area (Å²) < 4.78 is 10.5. The molecule has 0 saturated carbocycles. The number of carbonyl (C=O) groups is 4. The van der Waals surface area contributed by atoms with Gasteiger partial charge in [0.2, 0.25) is 5.91 Å². The van der Waals surface area contributed by atoms with Crippen molar-refractivity contribution in [3.8, 4) is 0 Å². The van der Waals surface area contributed by atoms with Crippen LogP contribution in [0.1, 0.15) is 26.2 Å². The lowest BCUT2D eigenvalue weighted by Gasteiger charge is -2.24. The quantitative estimate of drug-likeness (QED) is 0.535. The molecule has 0 aromatic carbocycles. The highest BCUT2D eigenvalue weighted by Gasteiger charge is 2.30. The fraction of sp³-hybridized carbons (Fsp3) is 0.467. The Balaban J connectivity index is 1.84. The monoisotopic (exact) mass is 338 g/mol. The Morgan fingerprint density at radius 1 is 1.38 bits per heavy atom. The van der Waals surface area contributed by atoms with Crippen LogP contribution in [0.15, 0.2) is 23.9 Å². The first-order chi connectivity index (χ1) is 11.3.